The molecule has 3 heterocycles. The molecule has 0 atom stereocenters. The fourth-order valence-electron chi connectivity index (χ4n) is 6.45. The first-order chi connectivity index (χ1) is 22.2. The van der Waals surface area contributed by atoms with Gasteiger partial charge in [0.25, 0.3) is 0 Å². The molecule has 0 aliphatic carbocycles. The minimum Gasteiger partial charge on any atom is -0.265 e. The highest BCUT2D eigenvalue weighted by atomic mass is 14.7. The zero-order chi connectivity index (χ0) is 30.2. The van der Waals surface area contributed by atoms with Crippen molar-refractivity contribution in [1.29, 1.82) is 0 Å². The number of aromatic nitrogens is 3. The molecule has 8 aromatic rings. The van der Waals surface area contributed by atoms with E-state index >= 15 is 0 Å². The Morgan fingerprint density at radius 2 is 0.889 bits per heavy atom. The number of pyridine rings is 3. The zero-order valence-electron chi connectivity index (χ0n) is 24.9. The van der Waals surface area contributed by atoms with Gasteiger partial charge in [0.2, 0.25) is 0 Å². The fraction of sp³-hybridized carbons (Fsp3) is 0.0238. The molecule has 8 rings (SSSR count). The Morgan fingerprint density at radius 1 is 0.378 bits per heavy atom. The topological polar surface area (TPSA) is 38.7 Å². The number of hydrogen-bond acceptors (Lipinski definition) is 3. The van der Waals surface area contributed by atoms with Gasteiger partial charge in [-0.15, -0.1) is 0 Å². The Hall–Kier alpha value is -5.93. The van der Waals surface area contributed by atoms with Crippen molar-refractivity contribution < 1.29 is 0 Å². The lowest BCUT2D eigenvalue weighted by molar-refractivity contribution is 1.32. The molecule has 3 heteroatoms. The van der Waals surface area contributed by atoms with Crippen LogP contribution >= 0.6 is 0 Å². The minimum absolute atomic E-state index is 0.961. The first-order valence-corrected chi connectivity index (χ1v) is 15.2. The van der Waals surface area contributed by atoms with Gasteiger partial charge in [-0.2, -0.15) is 0 Å². The van der Waals surface area contributed by atoms with Crippen molar-refractivity contribution in [2.75, 3.05) is 0 Å². The van der Waals surface area contributed by atoms with Crippen molar-refractivity contribution >= 4 is 21.5 Å². The van der Waals surface area contributed by atoms with E-state index in [0.29, 0.717) is 0 Å². The summed E-state index contributed by atoms with van der Waals surface area (Å²) in [4.78, 5) is 13.4. The lowest BCUT2D eigenvalue weighted by Crippen LogP contribution is -1.92. The number of nitrogens with zero attached hydrogens (tertiary/aromatic N) is 3. The van der Waals surface area contributed by atoms with E-state index in [9.17, 15) is 0 Å². The van der Waals surface area contributed by atoms with E-state index < -0.39 is 0 Å². The molecule has 0 aliphatic rings. The fourth-order valence-corrected chi connectivity index (χ4v) is 6.45. The van der Waals surface area contributed by atoms with Crippen molar-refractivity contribution in [3.8, 4) is 55.8 Å². The molecule has 0 aliphatic heterocycles. The van der Waals surface area contributed by atoms with Gasteiger partial charge in [-0.25, -0.2) is 0 Å². The molecule has 3 aromatic heterocycles. The van der Waals surface area contributed by atoms with Crippen LogP contribution in [0.1, 0.15) is 5.56 Å². The molecule has 0 spiro atoms. The van der Waals surface area contributed by atoms with E-state index in [-0.39, 0.29) is 0 Å². The van der Waals surface area contributed by atoms with Gasteiger partial charge in [0.15, 0.2) is 0 Å². The molecule has 0 unspecified atom stereocenters. The van der Waals surface area contributed by atoms with E-state index in [0.717, 1.165) is 44.6 Å². The summed E-state index contributed by atoms with van der Waals surface area (Å²) in [7, 11) is 0. The van der Waals surface area contributed by atoms with E-state index in [4.69, 9.17) is 4.98 Å². The number of benzene rings is 5. The van der Waals surface area contributed by atoms with Crippen LogP contribution in [0.4, 0.5) is 0 Å². The summed E-state index contributed by atoms with van der Waals surface area (Å²) < 4.78 is 0. The molecular weight excluding hydrogens is 546 g/mol. The second-order valence-corrected chi connectivity index (χ2v) is 11.4. The zero-order valence-corrected chi connectivity index (χ0v) is 24.9. The van der Waals surface area contributed by atoms with Crippen LogP contribution in [-0.4, -0.2) is 15.0 Å². The van der Waals surface area contributed by atoms with Gasteiger partial charge in [-0.3, -0.25) is 15.0 Å². The first-order valence-electron chi connectivity index (χ1n) is 15.2. The number of aryl methyl sites for hydroxylation is 1. The maximum Gasteiger partial charge on any atom is 0.0708 e. The summed E-state index contributed by atoms with van der Waals surface area (Å²) in [5, 5.41) is 4.91. The molecular formula is C42H29N3. The van der Waals surface area contributed by atoms with Gasteiger partial charge < -0.3 is 0 Å². The van der Waals surface area contributed by atoms with Gasteiger partial charge >= 0.3 is 0 Å². The van der Waals surface area contributed by atoms with Crippen LogP contribution in [0.25, 0.3) is 77.3 Å². The number of rotatable bonds is 5. The Morgan fingerprint density at radius 3 is 1.49 bits per heavy atom. The maximum absolute atomic E-state index is 4.85. The van der Waals surface area contributed by atoms with Gasteiger partial charge in [0, 0.05) is 36.5 Å². The van der Waals surface area contributed by atoms with Crippen LogP contribution in [0.5, 0.6) is 0 Å². The average Bonchev–Trinajstić information content (AvgIpc) is 3.12. The smallest absolute Gasteiger partial charge is 0.0708 e. The largest absolute Gasteiger partial charge is 0.265 e. The summed E-state index contributed by atoms with van der Waals surface area (Å²) in [6.07, 6.45) is 9.27. The summed E-state index contributed by atoms with van der Waals surface area (Å²) in [6, 6.07) is 45.6. The molecule has 0 saturated heterocycles. The predicted octanol–water partition coefficient (Wildman–Crippen LogP) is 10.8. The van der Waals surface area contributed by atoms with Crippen LogP contribution in [-0.2, 0) is 0 Å². The van der Waals surface area contributed by atoms with E-state index in [1.807, 2.05) is 37.1 Å². The lowest BCUT2D eigenvalue weighted by Gasteiger charge is -2.17. The van der Waals surface area contributed by atoms with E-state index in [1.54, 1.807) is 0 Å². The number of hydrogen-bond donors (Lipinski definition) is 0. The predicted molar refractivity (Wildman–Crippen MR) is 187 cm³/mol. The normalized spacial score (nSPS) is 11.2. The Balaban J connectivity index is 1.39. The number of fused-ring (bicyclic) bond motifs is 3. The van der Waals surface area contributed by atoms with Crippen molar-refractivity contribution in [3.63, 3.8) is 0 Å². The standard InChI is InChI=1S/C42H29N3/c1-28-21-34(29-7-3-2-4-8-29)22-32-10-11-33-23-38(27-39(42(33)41(28)32)40-9-5-6-16-45-40)37-25-35(30-12-17-43-18-13-30)24-36(26-37)31-14-19-44-20-15-31/h2-27H,1H3. The lowest BCUT2D eigenvalue weighted by atomic mass is 9.87. The molecule has 0 amide bonds. The molecule has 212 valence electrons. The average molecular weight is 576 g/mol. The van der Waals surface area contributed by atoms with Crippen molar-refractivity contribution in [3.05, 3.63) is 164 Å². The van der Waals surface area contributed by atoms with E-state index in [2.05, 4.69) is 138 Å². The SMILES string of the molecule is Cc1cc(-c2ccccc2)cc2ccc3cc(-c4cc(-c5ccncc5)cc(-c5ccncc5)c4)cc(-c4ccccn4)c3c12. The second-order valence-electron chi connectivity index (χ2n) is 11.4. The monoisotopic (exact) mass is 575 g/mol. The second kappa shape index (κ2) is 11.3. The van der Waals surface area contributed by atoms with E-state index in [1.165, 1.54) is 38.2 Å². The summed E-state index contributed by atoms with van der Waals surface area (Å²) in [5.74, 6) is 0. The van der Waals surface area contributed by atoms with Crippen LogP contribution in [0, 0.1) is 6.92 Å². The third kappa shape index (κ3) is 5.05. The highest BCUT2D eigenvalue weighted by Crippen LogP contribution is 2.41. The van der Waals surface area contributed by atoms with Gasteiger partial charge in [-0.1, -0.05) is 54.6 Å². The van der Waals surface area contributed by atoms with Crippen molar-refractivity contribution in [2.45, 2.75) is 6.92 Å². The van der Waals surface area contributed by atoms with Gasteiger partial charge in [-0.05, 0) is 151 Å². The summed E-state index contributed by atoms with van der Waals surface area (Å²) in [5.41, 5.74) is 12.6. The van der Waals surface area contributed by atoms with Crippen LogP contribution < -0.4 is 0 Å². The molecule has 0 N–H and O–H groups in total. The minimum atomic E-state index is 0.961. The molecule has 3 nitrogen and oxygen atoms in total. The summed E-state index contributed by atoms with van der Waals surface area (Å²) >= 11 is 0. The molecule has 0 radical (unpaired) electrons. The molecule has 45 heavy (non-hydrogen) atoms. The van der Waals surface area contributed by atoms with Crippen LogP contribution in [0.3, 0.4) is 0 Å². The molecule has 0 fully saturated rings. The highest BCUT2D eigenvalue weighted by molar-refractivity contribution is 6.17. The third-order valence-electron chi connectivity index (χ3n) is 8.57. The Bertz CT molecular complexity index is 2240. The molecule has 0 bridgehead atoms. The van der Waals surface area contributed by atoms with Gasteiger partial charge in [0.05, 0.1) is 5.69 Å². The van der Waals surface area contributed by atoms with Crippen molar-refractivity contribution in [2.24, 2.45) is 0 Å². The molecule has 5 aromatic carbocycles. The third-order valence-corrected chi connectivity index (χ3v) is 8.57. The Kier molecular flexibility index (Phi) is 6.69. The first kappa shape index (κ1) is 26.7. The van der Waals surface area contributed by atoms with Crippen LogP contribution in [0.2, 0.25) is 0 Å². The maximum atomic E-state index is 4.85. The molecule has 0 saturated carbocycles. The highest BCUT2D eigenvalue weighted by Gasteiger charge is 2.16. The van der Waals surface area contributed by atoms with Crippen molar-refractivity contribution in [1.82, 2.24) is 15.0 Å². The Labute approximate surface area is 262 Å². The summed E-state index contributed by atoms with van der Waals surface area (Å²) in [6.45, 7) is 2.23. The quantitative estimate of drug-likeness (QED) is 0.192. The van der Waals surface area contributed by atoms with Gasteiger partial charge in [0.1, 0.15) is 0 Å². The van der Waals surface area contributed by atoms with Crippen LogP contribution in [0.15, 0.2) is 158 Å².